The molecule has 0 heterocycles. The lowest BCUT2D eigenvalue weighted by atomic mass is 10.1. The van der Waals surface area contributed by atoms with Crippen LogP contribution in [-0.2, 0) is 9.53 Å². The Morgan fingerprint density at radius 3 is 2.39 bits per heavy atom. The molecule has 0 radical (unpaired) electrons. The van der Waals surface area contributed by atoms with Gasteiger partial charge in [0.2, 0.25) is 0 Å². The summed E-state index contributed by atoms with van der Waals surface area (Å²) < 4.78 is 4.89. The second kappa shape index (κ2) is 8.96. The van der Waals surface area contributed by atoms with E-state index in [9.17, 15) is 9.59 Å². The summed E-state index contributed by atoms with van der Waals surface area (Å²) in [6.07, 6.45) is 3.35. The minimum atomic E-state index is -0.213. The summed E-state index contributed by atoms with van der Waals surface area (Å²) in [6, 6.07) is 16.8. The van der Waals surface area contributed by atoms with Crippen molar-refractivity contribution in [2.24, 2.45) is 0 Å². The van der Waals surface area contributed by atoms with Gasteiger partial charge in [0.1, 0.15) is 0 Å². The zero-order valence-electron chi connectivity index (χ0n) is 12.9. The molecular weight excluding hydrogens is 308 g/mol. The number of rotatable bonds is 7. The summed E-state index contributed by atoms with van der Waals surface area (Å²) in [5, 5.41) is 0. The van der Waals surface area contributed by atoms with Crippen LogP contribution < -0.4 is 0 Å². The highest BCUT2D eigenvalue weighted by Gasteiger charge is 2.03. The monoisotopic (exact) mass is 326 g/mol. The Morgan fingerprint density at radius 2 is 1.74 bits per heavy atom. The molecule has 2 aromatic rings. The van der Waals surface area contributed by atoms with Crippen molar-refractivity contribution in [3.8, 4) is 0 Å². The van der Waals surface area contributed by atoms with Crippen LogP contribution in [0, 0.1) is 0 Å². The van der Waals surface area contributed by atoms with Gasteiger partial charge < -0.3 is 4.74 Å². The first-order chi connectivity index (χ1) is 11.2. The first-order valence-corrected chi connectivity index (χ1v) is 8.33. The van der Waals surface area contributed by atoms with E-state index in [0.29, 0.717) is 17.9 Å². The summed E-state index contributed by atoms with van der Waals surface area (Å²) in [6.45, 7) is 2.19. The molecule has 4 heteroatoms. The fourth-order valence-corrected chi connectivity index (χ4v) is 2.59. The van der Waals surface area contributed by atoms with E-state index < -0.39 is 0 Å². The normalized spacial score (nSPS) is 10.7. The molecule has 0 saturated heterocycles. The maximum atomic E-state index is 12.0. The van der Waals surface area contributed by atoms with E-state index in [1.54, 1.807) is 31.2 Å². The van der Waals surface area contributed by atoms with Gasteiger partial charge in [0.25, 0.3) is 0 Å². The largest absolute Gasteiger partial charge is 0.465 e. The first kappa shape index (κ1) is 17.0. The number of allylic oxidation sites excluding steroid dienone is 1. The van der Waals surface area contributed by atoms with Crippen molar-refractivity contribution in [1.82, 2.24) is 0 Å². The zero-order valence-corrected chi connectivity index (χ0v) is 13.7. The fourth-order valence-electron chi connectivity index (χ4n) is 1.89. The van der Waals surface area contributed by atoms with Crippen LogP contribution in [0.4, 0.5) is 0 Å². The molecular formula is C19H18O3S. The Kier molecular flexibility index (Phi) is 6.63. The van der Waals surface area contributed by atoms with Crippen molar-refractivity contribution >= 4 is 29.6 Å². The quantitative estimate of drug-likeness (QED) is 0.330. The van der Waals surface area contributed by atoms with Gasteiger partial charge in [-0.15, -0.1) is 11.8 Å². The predicted octanol–water partition coefficient (Wildman–Crippen LogP) is 4.24. The van der Waals surface area contributed by atoms with Gasteiger partial charge >= 0.3 is 5.97 Å². The molecule has 3 nitrogen and oxygen atoms in total. The Labute approximate surface area is 140 Å². The van der Waals surface area contributed by atoms with Crippen LogP contribution in [0.2, 0.25) is 0 Å². The van der Waals surface area contributed by atoms with Crippen molar-refractivity contribution in [3.05, 3.63) is 71.8 Å². The third-order valence-electron chi connectivity index (χ3n) is 3.03. The molecule has 0 aliphatic rings. The third-order valence-corrected chi connectivity index (χ3v) is 4.01. The van der Waals surface area contributed by atoms with Gasteiger partial charge in [0.05, 0.1) is 12.4 Å². The van der Waals surface area contributed by atoms with Crippen molar-refractivity contribution in [2.75, 3.05) is 12.4 Å². The maximum absolute atomic E-state index is 12.0. The highest BCUT2D eigenvalue weighted by atomic mass is 32.2. The molecule has 0 aliphatic carbocycles. The molecule has 0 fully saturated rings. The van der Waals surface area contributed by atoms with E-state index in [4.69, 9.17) is 4.74 Å². The van der Waals surface area contributed by atoms with E-state index in [0.717, 1.165) is 10.5 Å². The average Bonchev–Trinajstić information content (AvgIpc) is 2.60. The molecule has 118 valence electrons. The molecule has 0 aliphatic heterocycles. The van der Waals surface area contributed by atoms with Crippen molar-refractivity contribution in [2.45, 2.75) is 11.8 Å². The third kappa shape index (κ3) is 5.75. The van der Waals surface area contributed by atoms with Gasteiger partial charge in [-0.2, -0.15) is 0 Å². The Balaban J connectivity index is 1.91. The summed E-state index contributed by atoms with van der Waals surface area (Å²) in [4.78, 5) is 24.3. The molecule has 0 atom stereocenters. The molecule has 0 N–H and O–H groups in total. The highest BCUT2D eigenvalue weighted by molar-refractivity contribution is 8.00. The number of benzene rings is 2. The standard InChI is InChI=1S/C19H18O3S/c1-2-22-19(21)14-23-17-11-8-15(9-12-17)10-13-18(20)16-6-4-3-5-7-16/h3-13H,2,14H2,1H3/b13-10+. The number of hydrogen-bond donors (Lipinski definition) is 0. The van der Waals surface area contributed by atoms with E-state index >= 15 is 0 Å². The van der Waals surface area contributed by atoms with Crippen LogP contribution in [0.25, 0.3) is 6.08 Å². The Hall–Kier alpha value is -2.33. The van der Waals surface area contributed by atoms with Gasteiger partial charge in [-0.1, -0.05) is 48.5 Å². The fraction of sp³-hybridized carbons (Fsp3) is 0.158. The second-order valence-corrected chi connectivity index (χ2v) is 5.78. The number of ether oxygens (including phenoxy) is 1. The smallest absolute Gasteiger partial charge is 0.316 e. The number of hydrogen-bond acceptors (Lipinski definition) is 4. The van der Waals surface area contributed by atoms with E-state index in [1.165, 1.54) is 11.8 Å². The Morgan fingerprint density at radius 1 is 1.04 bits per heavy atom. The van der Waals surface area contributed by atoms with Crippen molar-refractivity contribution < 1.29 is 14.3 Å². The summed E-state index contributed by atoms with van der Waals surface area (Å²) in [7, 11) is 0. The number of thioether (sulfide) groups is 1. The molecule has 0 unspecified atom stereocenters. The second-order valence-electron chi connectivity index (χ2n) is 4.73. The predicted molar refractivity (Wildman–Crippen MR) is 93.6 cm³/mol. The molecule has 2 aromatic carbocycles. The zero-order chi connectivity index (χ0) is 16.5. The minimum Gasteiger partial charge on any atom is -0.465 e. The van der Waals surface area contributed by atoms with Gasteiger partial charge in [-0.25, -0.2) is 0 Å². The average molecular weight is 326 g/mol. The van der Waals surface area contributed by atoms with Crippen LogP contribution in [0.5, 0.6) is 0 Å². The number of ketones is 1. The van der Waals surface area contributed by atoms with Gasteiger partial charge in [0, 0.05) is 10.5 Å². The van der Waals surface area contributed by atoms with Crippen molar-refractivity contribution in [3.63, 3.8) is 0 Å². The molecule has 23 heavy (non-hydrogen) atoms. The van der Waals surface area contributed by atoms with Gasteiger partial charge in [-0.05, 0) is 30.7 Å². The van der Waals surface area contributed by atoms with E-state index in [-0.39, 0.29) is 11.8 Å². The van der Waals surface area contributed by atoms with Crippen molar-refractivity contribution in [1.29, 1.82) is 0 Å². The SMILES string of the molecule is CCOC(=O)CSc1ccc(/C=C/C(=O)c2ccccc2)cc1. The lowest BCUT2D eigenvalue weighted by Gasteiger charge is -2.02. The van der Waals surface area contributed by atoms with Crippen LogP contribution >= 0.6 is 11.8 Å². The molecule has 0 spiro atoms. The van der Waals surface area contributed by atoms with Crippen LogP contribution in [-0.4, -0.2) is 24.1 Å². The van der Waals surface area contributed by atoms with Gasteiger partial charge in [0.15, 0.2) is 5.78 Å². The lowest BCUT2D eigenvalue weighted by molar-refractivity contribution is -0.139. The summed E-state index contributed by atoms with van der Waals surface area (Å²) in [5.41, 5.74) is 1.61. The minimum absolute atomic E-state index is 0.0219. The molecule has 0 amide bonds. The van der Waals surface area contributed by atoms with Crippen LogP contribution in [0.3, 0.4) is 0 Å². The van der Waals surface area contributed by atoms with E-state index in [2.05, 4.69) is 0 Å². The highest BCUT2D eigenvalue weighted by Crippen LogP contribution is 2.19. The number of carbonyl (C=O) groups is 2. The first-order valence-electron chi connectivity index (χ1n) is 7.35. The molecule has 0 aromatic heterocycles. The van der Waals surface area contributed by atoms with Gasteiger partial charge in [-0.3, -0.25) is 9.59 Å². The molecule has 0 bridgehead atoms. The lowest BCUT2D eigenvalue weighted by Crippen LogP contribution is -2.06. The molecule has 2 rings (SSSR count). The van der Waals surface area contributed by atoms with E-state index in [1.807, 2.05) is 42.5 Å². The summed E-state index contributed by atoms with van der Waals surface area (Å²) >= 11 is 1.43. The van der Waals surface area contributed by atoms with Crippen LogP contribution in [0.1, 0.15) is 22.8 Å². The maximum Gasteiger partial charge on any atom is 0.316 e. The Bertz CT molecular complexity index is 676. The topological polar surface area (TPSA) is 43.4 Å². The summed E-state index contributed by atoms with van der Waals surface area (Å²) in [5.74, 6) is 0.0662. The van der Waals surface area contributed by atoms with Crippen LogP contribution in [0.15, 0.2) is 65.6 Å². The number of carbonyl (C=O) groups excluding carboxylic acids is 2. The number of esters is 1. The molecule has 0 saturated carbocycles.